The molecule has 36 heavy (non-hydrogen) atoms. The predicted octanol–water partition coefficient (Wildman–Crippen LogP) is 6.18. The number of hydrogen-bond donors (Lipinski definition) is 1. The first-order valence-electron chi connectivity index (χ1n) is 11.7. The predicted molar refractivity (Wildman–Crippen MR) is 129 cm³/mol. The zero-order valence-electron chi connectivity index (χ0n) is 20.8. The van der Waals surface area contributed by atoms with Crippen LogP contribution in [0.15, 0.2) is 12.3 Å². The van der Waals surface area contributed by atoms with Gasteiger partial charge < -0.3 is 15.0 Å². The number of aromatic nitrogens is 2. The summed E-state index contributed by atoms with van der Waals surface area (Å²) in [6, 6.07) is 0.374. The zero-order chi connectivity index (χ0) is 26.8. The number of likely N-dealkylation sites (tertiary alicyclic amines) is 1. The van der Waals surface area contributed by atoms with E-state index in [1.165, 1.54) is 19.2 Å². The molecule has 2 aromatic rings. The largest absolute Gasteiger partial charge is 0.460 e. The first-order chi connectivity index (χ1) is 16.7. The molecule has 2 aromatic heterocycles. The van der Waals surface area contributed by atoms with Crippen LogP contribution in [0.5, 0.6) is 0 Å². The van der Waals surface area contributed by atoms with Gasteiger partial charge in [-0.3, -0.25) is 4.79 Å². The standard InChI is InChI=1S/C24H30F4N4O3S/c1-6-7-8-35-22(34)20-30-17(21(33)32-12-24(27,28)10-13(32)2)18(36-20)15-11-29-16(31-23(3,4)5)9-14(15)19(25)26/h9,11,13,19H,6-8,10,12H2,1-5H3,(H,29,31)/t13-/m0/s1. The normalized spacial score (nSPS) is 17.5. The Balaban J connectivity index is 2.10. The second kappa shape index (κ2) is 10.7. The van der Waals surface area contributed by atoms with Gasteiger partial charge in [0.05, 0.1) is 18.0 Å². The van der Waals surface area contributed by atoms with Gasteiger partial charge in [-0.2, -0.15) is 0 Å². The molecule has 1 aliphatic rings. The van der Waals surface area contributed by atoms with Crippen molar-refractivity contribution >= 4 is 29.0 Å². The smallest absolute Gasteiger partial charge is 0.367 e. The molecule has 0 aliphatic carbocycles. The number of nitrogens with zero attached hydrogens (tertiary/aromatic N) is 3. The molecule has 7 nitrogen and oxygen atoms in total. The van der Waals surface area contributed by atoms with E-state index in [0.717, 1.165) is 11.3 Å². The van der Waals surface area contributed by atoms with Gasteiger partial charge in [-0.25, -0.2) is 32.3 Å². The van der Waals surface area contributed by atoms with Crippen molar-refractivity contribution in [1.29, 1.82) is 0 Å². The highest BCUT2D eigenvalue weighted by Crippen LogP contribution is 2.40. The van der Waals surface area contributed by atoms with Gasteiger partial charge in [0.1, 0.15) is 11.5 Å². The number of carbonyl (C=O) groups is 2. The highest BCUT2D eigenvalue weighted by Gasteiger charge is 2.46. The molecule has 1 atom stereocenters. The van der Waals surface area contributed by atoms with Crippen LogP contribution in [-0.2, 0) is 4.74 Å². The molecule has 3 rings (SSSR count). The minimum absolute atomic E-state index is 0.0463. The molecule has 1 amide bonds. The molecule has 0 bridgehead atoms. The third-order valence-electron chi connectivity index (χ3n) is 5.44. The lowest BCUT2D eigenvalue weighted by Crippen LogP contribution is -2.35. The zero-order valence-corrected chi connectivity index (χ0v) is 21.6. The van der Waals surface area contributed by atoms with Crippen LogP contribution in [0, 0.1) is 0 Å². The van der Waals surface area contributed by atoms with Gasteiger partial charge in [0.15, 0.2) is 0 Å². The SMILES string of the molecule is CCCCOC(=O)c1nc(C(=O)N2CC(F)(F)C[C@@H]2C)c(-c2cnc(NC(C)(C)C)cc2C(F)F)s1. The van der Waals surface area contributed by atoms with E-state index in [2.05, 4.69) is 15.3 Å². The van der Waals surface area contributed by atoms with Crippen LogP contribution in [0.4, 0.5) is 23.4 Å². The molecule has 1 aliphatic heterocycles. The van der Waals surface area contributed by atoms with Gasteiger partial charge in [0.2, 0.25) is 5.01 Å². The molecule has 0 saturated carbocycles. The number of amides is 1. The molecular weight excluding hydrogens is 500 g/mol. The van der Waals surface area contributed by atoms with Gasteiger partial charge >= 0.3 is 5.97 Å². The average molecular weight is 531 g/mol. The van der Waals surface area contributed by atoms with Gasteiger partial charge in [0, 0.05) is 35.3 Å². The molecule has 1 fully saturated rings. The first-order valence-corrected chi connectivity index (χ1v) is 12.5. The van der Waals surface area contributed by atoms with Gasteiger partial charge in [-0.05, 0) is 40.2 Å². The molecule has 0 unspecified atom stereocenters. The Kier molecular flexibility index (Phi) is 8.27. The summed E-state index contributed by atoms with van der Waals surface area (Å²) in [5.41, 5.74) is -1.34. The number of thiazole rings is 1. The first kappa shape index (κ1) is 27.8. The van der Waals surface area contributed by atoms with Crippen molar-refractivity contribution in [1.82, 2.24) is 14.9 Å². The van der Waals surface area contributed by atoms with Crippen LogP contribution in [0.3, 0.4) is 0 Å². The lowest BCUT2D eigenvalue weighted by molar-refractivity contribution is 0.0117. The fraction of sp³-hybridized carbons (Fsp3) is 0.583. The van der Waals surface area contributed by atoms with Gasteiger partial charge in [-0.1, -0.05) is 13.3 Å². The second-order valence-electron chi connectivity index (χ2n) is 9.86. The number of carbonyl (C=O) groups excluding carboxylic acids is 2. The Morgan fingerprint density at radius 3 is 2.58 bits per heavy atom. The maximum atomic E-state index is 14.1. The number of anilines is 1. The summed E-state index contributed by atoms with van der Waals surface area (Å²) in [5.74, 6) is -4.56. The maximum absolute atomic E-state index is 14.1. The van der Waals surface area contributed by atoms with Crippen LogP contribution in [-0.4, -0.2) is 57.4 Å². The fourth-order valence-electron chi connectivity index (χ4n) is 3.82. The summed E-state index contributed by atoms with van der Waals surface area (Å²) in [7, 11) is 0. The molecule has 3 heterocycles. The molecule has 0 radical (unpaired) electrons. The van der Waals surface area contributed by atoms with Crippen molar-refractivity contribution in [2.24, 2.45) is 0 Å². The third kappa shape index (κ3) is 6.51. The van der Waals surface area contributed by atoms with E-state index in [1.807, 2.05) is 27.7 Å². The average Bonchev–Trinajstić information content (AvgIpc) is 3.32. The second-order valence-corrected chi connectivity index (χ2v) is 10.9. The van der Waals surface area contributed by atoms with Crippen molar-refractivity contribution in [3.63, 3.8) is 0 Å². The van der Waals surface area contributed by atoms with E-state index in [4.69, 9.17) is 4.74 Å². The van der Waals surface area contributed by atoms with Crippen LogP contribution >= 0.6 is 11.3 Å². The lowest BCUT2D eigenvalue weighted by Gasteiger charge is -2.22. The number of ether oxygens (including phenoxy) is 1. The number of pyridine rings is 1. The number of halogens is 4. The van der Waals surface area contributed by atoms with Crippen molar-refractivity contribution < 1.29 is 31.9 Å². The lowest BCUT2D eigenvalue weighted by atomic mass is 10.1. The van der Waals surface area contributed by atoms with Gasteiger partial charge in [0.25, 0.3) is 18.3 Å². The molecule has 0 aromatic carbocycles. The highest BCUT2D eigenvalue weighted by molar-refractivity contribution is 7.17. The van der Waals surface area contributed by atoms with Crippen molar-refractivity contribution in [3.8, 4) is 10.4 Å². The van der Waals surface area contributed by atoms with Crippen LogP contribution in [0.2, 0.25) is 0 Å². The number of nitrogens with one attached hydrogen (secondary N) is 1. The van der Waals surface area contributed by atoms with Crippen LogP contribution in [0.25, 0.3) is 10.4 Å². The fourth-order valence-corrected chi connectivity index (χ4v) is 4.80. The molecule has 1 N–H and O–H groups in total. The Morgan fingerprint density at radius 2 is 2.03 bits per heavy atom. The third-order valence-corrected chi connectivity index (χ3v) is 6.51. The van der Waals surface area contributed by atoms with Crippen molar-refractivity contribution in [2.45, 2.75) is 77.8 Å². The van der Waals surface area contributed by atoms with E-state index >= 15 is 0 Å². The number of unbranched alkanes of at least 4 members (excludes halogenated alkanes) is 1. The summed E-state index contributed by atoms with van der Waals surface area (Å²) in [6.07, 6.45) is -0.907. The molecule has 0 spiro atoms. The summed E-state index contributed by atoms with van der Waals surface area (Å²) in [5, 5.41) is 2.79. The summed E-state index contributed by atoms with van der Waals surface area (Å²) < 4.78 is 61.4. The Morgan fingerprint density at radius 1 is 1.33 bits per heavy atom. The molecule has 12 heteroatoms. The number of hydrogen-bond acceptors (Lipinski definition) is 7. The Bertz CT molecular complexity index is 1120. The van der Waals surface area contributed by atoms with Crippen LogP contribution < -0.4 is 5.32 Å². The van der Waals surface area contributed by atoms with E-state index in [-0.39, 0.29) is 33.6 Å². The topological polar surface area (TPSA) is 84.4 Å². The van der Waals surface area contributed by atoms with E-state index in [0.29, 0.717) is 17.8 Å². The Hall–Kier alpha value is -2.76. The summed E-state index contributed by atoms with van der Waals surface area (Å²) >= 11 is 0.703. The summed E-state index contributed by atoms with van der Waals surface area (Å²) in [4.78, 5) is 35.1. The minimum Gasteiger partial charge on any atom is -0.460 e. The van der Waals surface area contributed by atoms with E-state index in [9.17, 15) is 27.2 Å². The number of alkyl halides is 4. The van der Waals surface area contributed by atoms with Gasteiger partial charge in [-0.15, -0.1) is 11.3 Å². The highest BCUT2D eigenvalue weighted by atomic mass is 32.1. The van der Waals surface area contributed by atoms with E-state index < -0.39 is 54.3 Å². The Labute approximate surface area is 211 Å². The molecular formula is C24H30F4N4O3S. The molecule has 198 valence electrons. The maximum Gasteiger partial charge on any atom is 0.367 e. The quantitative estimate of drug-likeness (QED) is 0.249. The van der Waals surface area contributed by atoms with Crippen molar-refractivity contribution in [3.05, 3.63) is 28.5 Å². The number of rotatable bonds is 8. The summed E-state index contributed by atoms with van der Waals surface area (Å²) in [6.45, 7) is 8.21. The van der Waals surface area contributed by atoms with Crippen LogP contribution in [0.1, 0.15) is 86.2 Å². The minimum atomic E-state index is -3.08. The van der Waals surface area contributed by atoms with Crippen molar-refractivity contribution in [2.75, 3.05) is 18.5 Å². The molecule has 1 saturated heterocycles. The van der Waals surface area contributed by atoms with E-state index in [1.54, 1.807) is 0 Å². The monoisotopic (exact) mass is 530 g/mol. The number of esters is 1.